The Morgan fingerprint density at radius 2 is 1.84 bits per heavy atom. The zero-order chi connectivity index (χ0) is 17.6. The lowest BCUT2D eigenvalue weighted by Gasteiger charge is -2.34. The number of amides is 2. The quantitative estimate of drug-likeness (QED) is 0.838. The molecule has 0 aromatic heterocycles. The van der Waals surface area contributed by atoms with E-state index in [1.54, 1.807) is 0 Å². The van der Waals surface area contributed by atoms with E-state index in [1.165, 1.54) is 5.56 Å². The van der Waals surface area contributed by atoms with Gasteiger partial charge in [-0.25, -0.2) is 4.79 Å². The molecule has 0 saturated carbocycles. The minimum Gasteiger partial charge on any atom is -0.392 e. The van der Waals surface area contributed by atoms with Gasteiger partial charge in [-0.05, 0) is 24.1 Å². The number of carbonyl (C=O) groups excluding carboxylic acids is 1. The molecule has 2 saturated heterocycles. The Labute approximate surface area is 150 Å². The monoisotopic (exact) mass is 346 g/mol. The van der Waals surface area contributed by atoms with Gasteiger partial charge in [-0.1, -0.05) is 31.2 Å². The van der Waals surface area contributed by atoms with Crippen molar-refractivity contribution in [3.63, 3.8) is 0 Å². The van der Waals surface area contributed by atoms with Crippen LogP contribution in [0.25, 0.3) is 0 Å². The molecule has 0 bridgehead atoms. The first-order valence-electron chi connectivity index (χ1n) is 9.38. The summed E-state index contributed by atoms with van der Waals surface area (Å²) in [6.07, 6.45) is 0.650. The Morgan fingerprint density at radius 1 is 1.12 bits per heavy atom. The molecule has 3 rings (SSSR count). The number of aliphatic hydroxyl groups is 1. The maximum absolute atomic E-state index is 12.4. The highest BCUT2D eigenvalue weighted by atomic mass is 16.3. The first-order chi connectivity index (χ1) is 12.2. The zero-order valence-corrected chi connectivity index (χ0v) is 15.2. The molecule has 2 amide bonds. The number of likely N-dealkylation sites (N-methyl/N-ethyl adjacent to an activating group) is 1. The SMILES string of the molecule is CCN1CCN(C(=O)NCc2ccccc2CN2CCC(O)C2)CC1. The normalized spacial score (nSPS) is 22.3. The number of carbonyl (C=O) groups is 1. The van der Waals surface area contributed by atoms with Gasteiger partial charge in [0.2, 0.25) is 0 Å². The highest BCUT2D eigenvalue weighted by Crippen LogP contribution is 2.16. The van der Waals surface area contributed by atoms with Gasteiger partial charge >= 0.3 is 6.03 Å². The molecule has 1 aromatic carbocycles. The molecule has 2 fully saturated rings. The number of hydrogen-bond donors (Lipinski definition) is 2. The molecule has 2 heterocycles. The number of nitrogens with one attached hydrogen (secondary N) is 1. The Hall–Kier alpha value is -1.63. The van der Waals surface area contributed by atoms with Gasteiger partial charge in [0.15, 0.2) is 0 Å². The summed E-state index contributed by atoms with van der Waals surface area (Å²) in [6, 6.07) is 8.28. The third-order valence-electron chi connectivity index (χ3n) is 5.30. The third-order valence-corrected chi connectivity index (χ3v) is 5.30. The topological polar surface area (TPSA) is 59.0 Å². The largest absolute Gasteiger partial charge is 0.392 e. The molecule has 25 heavy (non-hydrogen) atoms. The van der Waals surface area contributed by atoms with Gasteiger partial charge in [0.1, 0.15) is 0 Å². The van der Waals surface area contributed by atoms with Gasteiger partial charge in [0.25, 0.3) is 0 Å². The molecular weight excluding hydrogens is 316 g/mol. The highest BCUT2D eigenvalue weighted by molar-refractivity contribution is 5.74. The minimum absolute atomic E-state index is 0.0298. The van der Waals surface area contributed by atoms with E-state index in [4.69, 9.17) is 0 Å². The van der Waals surface area contributed by atoms with E-state index in [0.717, 1.165) is 64.3 Å². The van der Waals surface area contributed by atoms with Crippen LogP contribution in [-0.2, 0) is 13.1 Å². The van der Waals surface area contributed by atoms with Crippen molar-refractivity contribution in [2.45, 2.75) is 32.5 Å². The number of aliphatic hydroxyl groups excluding tert-OH is 1. The highest BCUT2D eigenvalue weighted by Gasteiger charge is 2.22. The number of nitrogens with zero attached hydrogens (tertiary/aromatic N) is 3. The van der Waals surface area contributed by atoms with E-state index in [0.29, 0.717) is 6.54 Å². The molecule has 2 aliphatic rings. The van der Waals surface area contributed by atoms with Crippen LogP contribution in [0.4, 0.5) is 4.79 Å². The molecule has 2 N–H and O–H groups in total. The lowest BCUT2D eigenvalue weighted by atomic mass is 10.1. The van der Waals surface area contributed by atoms with Crippen LogP contribution in [0.5, 0.6) is 0 Å². The average Bonchev–Trinajstić information content (AvgIpc) is 3.05. The lowest BCUT2D eigenvalue weighted by molar-refractivity contribution is 0.142. The van der Waals surface area contributed by atoms with Gasteiger partial charge in [0, 0.05) is 52.4 Å². The Morgan fingerprint density at radius 3 is 2.48 bits per heavy atom. The van der Waals surface area contributed by atoms with Gasteiger partial charge in [0.05, 0.1) is 6.10 Å². The first kappa shape index (κ1) is 18.2. The molecule has 2 aliphatic heterocycles. The van der Waals surface area contributed by atoms with Crippen molar-refractivity contribution in [2.24, 2.45) is 0 Å². The van der Waals surface area contributed by atoms with Crippen LogP contribution in [0.3, 0.4) is 0 Å². The van der Waals surface area contributed by atoms with Gasteiger partial charge in [-0.2, -0.15) is 0 Å². The Kier molecular flexibility index (Phi) is 6.29. The third kappa shape index (κ3) is 4.93. The fraction of sp³-hybridized carbons (Fsp3) is 0.632. The number of β-amino-alcohol motifs (C(OH)–C–C–N with tert-alkyl or cyclic N) is 1. The summed E-state index contributed by atoms with van der Waals surface area (Å²) >= 11 is 0. The molecular formula is C19H30N4O2. The van der Waals surface area contributed by atoms with Crippen LogP contribution in [0.15, 0.2) is 24.3 Å². The summed E-state index contributed by atoms with van der Waals surface area (Å²) in [6.45, 7) is 9.78. The van der Waals surface area contributed by atoms with Gasteiger partial charge in [-0.15, -0.1) is 0 Å². The summed E-state index contributed by atoms with van der Waals surface area (Å²) in [5.41, 5.74) is 2.39. The van der Waals surface area contributed by atoms with Crippen molar-refractivity contribution >= 4 is 6.03 Å². The van der Waals surface area contributed by atoms with E-state index in [2.05, 4.69) is 34.2 Å². The van der Waals surface area contributed by atoms with Crippen molar-refractivity contribution in [1.29, 1.82) is 0 Å². The van der Waals surface area contributed by atoms with E-state index >= 15 is 0 Å². The second-order valence-corrected chi connectivity index (χ2v) is 7.03. The van der Waals surface area contributed by atoms with Crippen LogP contribution in [-0.4, -0.2) is 77.8 Å². The molecule has 1 aromatic rings. The number of hydrogen-bond acceptors (Lipinski definition) is 4. The van der Waals surface area contributed by atoms with Crippen LogP contribution >= 0.6 is 0 Å². The van der Waals surface area contributed by atoms with Crippen LogP contribution < -0.4 is 5.32 Å². The number of rotatable bonds is 5. The molecule has 1 atom stereocenters. The average molecular weight is 346 g/mol. The number of likely N-dealkylation sites (tertiary alicyclic amines) is 1. The van der Waals surface area contributed by atoms with E-state index in [9.17, 15) is 9.90 Å². The fourth-order valence-electron chi connectivity index (χ4n) is 3.63. The van der Waals surface area contributed by atoms with Crippen molar-refractivity contribution in [2.75, 3.05) is 45.8 Å². The molecule has 0 aliphatic carbocycles. The number of benzene rings is 1. The standard InChI is InChI=1S/C19H30N4O2/c1-2-21-9-11-23(12-10-21)19(25)20-13-16-5-3-4-6-17(16)14-22-8-7-18(24)15-22/h3-6,18,24H,2,7-15H2,1H3,(H,20,25). The predicted molar refractivity (Wildman–Crippen MR) is 98.3 cm³/mol. The molecule has 1 unspecified atom stereocenters. The van der Waals surface area contributed by atoms with Crippen molar-refractivity contribution in [3.8, 4) is 0 Å². The van der Waals surface area contributed by atoms with Gasteiger partial charge < -0.3 is 20.2 Å². The van der Waals surface area contributed by atoms with Crippen LogP contribution in [0, 0.1) is 0 Å². The van der Waals surface area contributed by atoms with Crippen molar-refractivity contribution in [1.82, 2.24) is 20.0 Å². The molecule has 6 heteroatoms. The maximum atomic E-state index is 12.4. The van der Waals surface area contributed by atoms with Gasteiger partial charge in [-0.3, -0.25) is 4.90 Å². The predicted octanol–water partition coefficient (Wildman–Crippen LogP) is 1.10. The fourth-order valence-corrected chi connectivity index (χ4v) is 3.63. The second kappa shape index (κ2) is 8.65. The number of urea groups is 1. The zero-order valence-electron chi connectivity index (χ0n) is 15.2. The minimum atomic E-state index is -0.200. The lowest BCUT2D eigenvalue weighted by Crippen LogP contribution is -2.51. The molecule has 0 radical (unpaired) electrons. The maximum Gasteiger partial charge on any atom is 0.317 e. The molecule has 6 nitrogen and oxygen atoms in total. The first-order valence-corrected chi connectivity index (χ1v) is 9.38. The second-order valence-electron chi connectivity index (χ2n) is 7.03. The Balaban J connectivity index is 1.52. The summed E-state index contributed by atoms with van der Waals surface area (Å²) in [7, 11) is 0. The summed E-state index contributed by atoms with van der Waals surface area (Å²) in [5.74, 6) is 0. The van der Waals surface area contributed by atoms with Crippen LogP contribution in [0.2, 0.25) is 0 Å². The number of piperazine rings is 1. The van der Waals surface area contributed by atoms with Crippen LogP contribution in [0.1, 0.15) is 24.5 Å². The van der Waals surface area contributed by atoms with Crippen molar-refractivity contribution in [3.05, 3.63) is 35.4 Å². The summed E-state index contributed by atoms with van der Waals surface area (Å²) in [5, 5.41) is 12.8. The summed E-state index contributed by atoms with van der Waals surface area (Å²) in [4.78, 5) is 19.0. The van der Waals surface area contributed by atoms with E-state index < -0.39 is 0 Å². The molecule has 138 valence electrons. The summed E-state index contributed by atoms with van der Waals surface area (Å²) < 4.78 is 0. The van der Waals surface area contributed by atoms with Crippen molar-refractivity contribution < 1.29 is 9.90 Å². The Bertz CT molecular complexity index is 572. The molecule has 0 spiro atoms. The smallest absolute Gasteiger partial charge is 0.317 e. The van der Waals surface area contributed by atoms with E-state index in [1.807, 2.05) is 17.0 Å². The van der Waals surface area contributed by atoms with E-state index in [-0.39, 0.29) is 12.1 Å².